The largest absolute Gasteiger partial charge is 0.496 e. The molecule has 0 bridgehead atoms. The van der Waals surface area contributed by atoms with Crippen LogP contribution in [-0.2, 0) is 4.74 Å². The van der Waals surface area contributed by atoms with Crippen molar-refractivity contribution in [3.05, 3.63) is 29.6 Å². The van der Waals surface area contributed by atoms with Gasteiger partial charge in [-0.1, -0.05) is 0 Å². The Morgan fingerprint density at radius 1 is 1.53 bits per heavy atom. The Hall–Kier alpha value is -1.13. The van der Waals surface area contributed by atoms with Crippen molar-refractivity contribution in [2.75, 3.05) is 26.9 Å². The molecule has 0 saturated carbocycles. The molecule has 0 radical (unpaired) electrons. The Bertz CT molecular complexity index is 377. The van der Waals surface area contributed by atoms with Crippen LogP contribution in [0.5, 0.6) is 5.75 Å². The van der Waals surface area contributed by atoms with Gasteiger partial charge in [-0.3, -0.25) is 0 Å². The van der Waals surface area contributed by atoms with Gasteiger partial charge in [0.2, 0.25) is 0 Å². The first-order valence-electron chi connectivity index (χ1n) is 5.76. The molecule has 1 aromatic rings. The zero-order valence-corrected chi connectivity index (χ0v) is 9.86. The molecule has 2 rings (SSSR count). The zero-order chi connectivity index (χ0) is 12.3. The Labute approximate surface area is 100 Å². The summed E-state index contributed by atoms with van der Waals surface area (Å²) in [5, 5.41) is 9.44. The Balaban J connectivity index is 2.18. The van der Waals surface area contributed by atoms with E-state index in [1.165, 1.54) is 12.1 Å². The van der Waals surface area contributed by atoms with E-state index in [2.05, 4.69) is 0 Å². The van der Waals surface area contributed by atoms with E-state index in [0.29, 0.717) is 11.7 Å². The lowest BCUT2D eigenvalue weighted by Gasteiger charge is -2.29. The fraction of sp³-hybridized carbons (Fsp3) is 0.538. The second-order valence-corrected chi connectivity index (χ2v) is 4.40. The standard InChI is InChI=1S/C13H17FO3/c1-16-13-3-2-11(14)5-12(13)10(6-15)4-9-7-17-8-9/h2-3,5,9-10,15H,4,6-8H2,1H3. The van der Waals surface area contributed by atoms with E-state index in [1.54, 1.807) is 13.2 Å². The van der Waals surface area contributed by atoms with E-state index in [0.717, 1.165) is 25.2 Å². The summed E-state index contributed by atoms with van der Waals surface area (Å²) in [7, 11) is 1.55. The van der Waals surface area contributed by atoms with Crippen LogP contribution in [0, 0.1) is 11.7 Å². The van der Waals surface area contributed by atoms with E-state index >= 15 is 0 Å². The van der Waals surface area contributed by atoms with Gasteiger partial charge in [0.25, 0.3) is 0 Å². The fourth-order valence-electron chi connectivity index (χ4n) is 2.15. The molecule has 0 aliphatic carbocycles. The van der Waals surface area contributed by atoms with Crippen LogP contribution in [0.4, 0.5) is 4.39 Å². The third-order valence-corrected chi connectivity index (χ3v) is 3.18. The number of methoxy groups -OCH3 is 1. The molecule has 1 aliphatic rings. The predicted molar refractivity (Wildman–Crippen MR) is 61.7 cm³/mol. The van der Waals surface area contributed by atoms with E-state index in [-0.39, 0.29) is 18.3 Å². The lowest BCUT2D eigenvalue weighted by Crippen LogP contribution is -2.29. The summed E-state index contributed by atoms with van der Waals surface area (Å²) in [6.45, 7) is 1.46. The van der Waals surface area contributed by atoms with Crippen molar-refractivity contribution in [3.8, 4) is 5.75 Å². The maximum Gasteiger partial charge on any atom is 0.123 e. The molecule has 1 N–H and O–H groups in total. The van der Waals surface area contributed by atoms with Crippen LogP contribution in [-0.4, -0.2) is 32.0 Å². The number of aliphatic hydroxyl groups is 1. The summed E-state index contributed by atoms with van der Waals surface area (Å²) < 4.78 is 23.6. The smallest absolute Gasteiger partial charge is 0.123 e. The number of halogens is 1. The Morgan fingerprint density at radius 3 is 2.82 bits per heavy atom. The van der Waals surface area contributed by atoms with Crippen molar-refractivity contribution in [2.45, 2.75) is 12.3 Å². The van der Waals surface area contributed by atoms with E-state index in [4.69, 9.17) is 9.47 Å². The van der Waals surface area contributed by atoms with Crippen LogP contribution in [0.25, 0.3) is 0 Å². The molecule has 0 aromatic heterocycles. The van der Waals surface area contributed by atoms with Crippen LogP contribution in [0.2, 0.25) is 0 Å². The minimum absolute atomic E-state index is 0.00366. The lowest BCUT2D eigenvalue weighted by atomic mass is 9.88. The number of ether oxygens (including phenoxy) is 2. The summed E-state index contributed by atoms with van der Waals surface area (Å²) in [6, 6.07) is 4.41. The predicted octanol–water partition coefficient (Wildman–Crippen LogP) is 1.95. The van der Waals surface area contributed by atoms with Crippen LogP contribution in [0.1, 0.15) is 17.9 Å². The van der Waals surface area contributed by atoms with Gasteiger partial charge < -0.3 is 14.6 Å². The van der Waals surface area contributed by atoms with Crippen molar-refractivity contribution >= 4 is 0 Å². The highest BCUT2D eigenvalue weighted by Gasteiger charge is 2.25. The van der Waals surface area contributed by atoms with E-state index in [9.17, 15) is 9.50 Å². The molecular formula is C13H17FO3. The highest BCUT2D eigenvalue weighted by Crippen LogP contribution is 2.33. The van der Waals surface area contributed by atoms with Gasteiger partial charge in [0, 0.05) is 17.4 Å². The number of aliphatic hydroxyl groups excluding tert-OH is 1. The van der Waals surface area contributed by atoms with Gasteiger partial charge in [0.1, 0.15) is 11.6 Å². The summed E-state index contributed by atoms with van der Waals surface area (Å²) in [4.78, 5) is 0. The second kappa shape index (κ2) is 5.47. The summed E-state index contributed by atoms with van der Waals surface area (Å²) in [6.07, 6.45) is 0.802. The Morgan fingerprint density at radius 2 is 2.29 bits per heavy atom. The number of rotatable bonds is 5. The molecule has 3 nitrogen and oxygen atoms in total. The molecule has 17 heavy (non-hydrogen) atoms. The third-order valence-electron chi connectivity index (χ3n) is 3.18. The van der Waals surface area contributed by atoms with Crippen molar-refractivity contribution in [3.63, 3.8) is 0 Å². The normalized spacial score (nSPS) is 17.6. The minimum atomic E-state index is -0.302. The monoisotopic (exact) mass is 240 g/mol. The third kappa shape index (κ3) is 2.76. The molecule has 0 spiro atoms. The molecule has 1 heterocycles. The van der Waals surface area contributed by atoms with Crippen molar-refractivity contribution < 1.29 is 19.0 Å². The first-order valence-corrected chi connectivity index (χ1v) is 5.76. The van der Waals surface area contributed by atoms with Crippen molar-refractivity contribution in [2.24, 2.45) is 5.92 Å². The molecule has 1 aliphatic heterocycles. The SMILES string of the molecule is COc1ccc(F)cc1C(CO)CC1COC1. The van der Waals surface area contributed by atoms with Gasteiger partial charge >= 0.3 is 0 Å². The lowest BCUT2D eigenvalue weighted by molar-refractivity contribution is -0.0406. The highest BCUT2D eigenvalue weighted by molar-refractivity contribution is 5.37. The average Bonchev–Trinajstić information content (AvgIpc) is 2.28. The van der Waals surface area contributed by atoms with Crippen molar-refractivity contribution in [1.82, 2.24) is 0 Å². The van der Waals surface area contributed by atoms with Crippen LogP contribution in [0.3, 0.4) is 0 Å². The summed E-state index contributed by atoms with van der Waals surface area (Å²) in [5.41, 5.74) is 0.738. The topological polar surface area (TPSA) is 38.7 Å². The Kier molecular flexibility index (Phi) is 3.97. The van der Waals surface area contributed by atoms with Crippen LogP contribution < -0.4 is 4.74 Å². The van der Waals surface area contributed by atoms with Gasteiger partial charge in [0.15, 0.2) is 0 Å². The molecule has 94 valence electrons. The first kappa shape index (κ1) is 12.3. The van der Waals surface area contributed by atoms with Gasteiger partial charge in [0.05, 0.1) is 26.9 Å². The number of hydrogen-bond donors (Lipinski definition) is 1. The highest BCUT2D eigenvalue weighted by atomic mass is 19.1. The van der Waals surface area contributed by atoms with E-state index < -0.39 is 0 Å². The second-order valence-electron chi connectivity index (χ2n) is 4.40. The average molecular weight is 240 g/mol. The summed E-state index contributed by atoms with van der Waals surface area (Å²) in [5.74, 6) is 0.699. The van der Waals surface area contributed by atoms with Crippen molar-refractivity contribution in [1.29, 1.82) is 0 Å². The number of benzene rings is 1. The molecule has 0 amide bonds. The van der Waals surface area contributed by atoms with Gasteiger partial charge in [-0.2, -0.15) is 0 Å². The molecule has 1 aromatic carbocycles. The molecule has 1 fully saturated rings. The molecule has 1 unspecified atom stereocenters. The molecule has 4 heteroatoms. The van der Waals surface area contributed by atoms with Gasteiger partial charge in [-0.05, 0) is 24.6 Å². The maximum atomic E-state index is 13.3. The maximum absolute atomic E-state index is 13.3. The fourth-order valence-corrected chi connectivity index (χ4v) is 2.15. The van der Waals surface area contributed by atoms with Gasteiger partial charge in [-0.15, -0.1) is 0 Å². The van der Waals surface area contributed by atoms with Crippen LogP contribution in [0.15, 0.2) is 18.2 Å². The van der Waals surface area contributed by atoms with E-state index in [1.807, 2.05) is 0 Å². The number of hydrogen-bond acceptors (Lipinski definition) is 3. The molecular weight excluding hydrogens is 223 g/mol. The minimum Gasteiger partial charge on any atom is -0.496 e. The zero-order valence-electron chi connectivity index (χ0n) is 9.86. The summed E-state index contributed by atoms with van der Waals surface area (Å²) >= 11 is 0. The quantitative estimate of drug-likeness (QED) is 0.855. The van der Waals surface area contributed by atoms with Crippen LogP contribution >= 0.6 is 0 Å². The van der Waals surface area contributed by atoms with Gasteiger partial charge in [-0.25, -0.2) is 4.39 Å². The first-order chi connectivity index (χ1) is 8.24. The molecule has 1 atom stereocenters. The molecule has 1 saturated heterocycles.